The van der Waals surface area contributed by atoms with Gasteiger partial charge in [-0.1, -0.05) is 12.8 Å². The monoisotopic (exact) mass is 349 g/mol. The molecule has 1 heterocycles. The van der Waals surface area contributed by atoms with Crippen molar-refractivity contribution in [3.8, 4) is 0 Å². The zero-order valence-electron chi connectivity index (χ0n) is 16.2. The van der Waals surface area contributed by atoms with E-state index >= 15 is 0 Å². The number of nitrogens with one attached hydrogen (secondary N) is 2. The first-order valence-electron chi connectivity index (χ1n) is 9.68. The molecule has 0 aliphatic heterocycles. The molecular weight excluding hydrogens is 314 g/mol. The summed E-state index contributed by atoms with van der Waals surface area (Å²) in [5.41, 5.74) is 1.55. The highest BCUT2D eigenvalue weighted by Gasteiger charge is 2.33. The smallest absolute Gasteiger partial charge is 0.191 e. The van der Waals surface area contributed by atoms with E-state index in [1.165, 1.54) is 31.2 Å². The van der Waals surface area contributed by atoms with E-state index in [0.29, 0.717) is 5.41 Å². The van der Waals surface area contributed by atoms with Gasteiger partial charge in [0.15, 0.2) is 5.96 Å². The van der Waals surface area contributed by atoms with E-state index < -0.39 is 0 Å². The zero-order valence-corrected chi connectivity index (χ0v) is 16.2. The second-order valence-electron chi connectivity index (χ2n) is 7.21. The number of rotatable bonds is 10. The van der Waals surface area contributed by atoms with Crippen LogP contribution >= 0.6 is 0 Å². The van der Waals surface area contributed by atoms with Crippen LogP contribution in [0, 0.1) is 12.3 Å². The minimum Gasteiger partial charge on any atom is -0.385 e. The summed E-state index contributed by atoms with van der Waals surface area (Å²) in [6, 6.07) is 0. The van der Waals surface area contributed by atoms with Crippen LogP contribution in [-0.2, 0) is 11.3 Å². The van der Waals surface area contributed by atoms with Gasteiger partial charge >= 0.3 is 0 Å². The molecule has 0 atom stereocenters. The first kappa shape index (κ1) is 19.8. The number of methoxy groups -OCH3 is 1. The summed E-state index contributed by atoms with van der Waals surface area (Å²) < 4.78 is 7.32. The van der Waals surface area contributed by atoms with Crippen LogP contribution in [-0.4, -0.2) is 49.1 Å². The van der Waals surface area contributed by atoms with Crippen LogP contribution in [0.1, 0.15) is 51.0 Å². The Morgan fingerprint density at radius 1 is 1.36 bits per heavy atom. The Balaban J connectivity index is 1.80. The minimum absolute atomic E-state index is 0.338. The Kier molecular flexibility index (Phi) is 8.25. The topological polar surface area (TPSA) is 63.5 Å². The Bertz CT molecular complexity index is 520. The molecule has 2 N–H and O–H groups in total. The number of nitrogens with zero attached hydrogens (tertiary/aromatic N) is 3. The summed E-state index contributed by atoms with van der Waals surface area (Å²) in [6.45, 7) is 8.62. The third-order valence-electron chi connectivity index (χ3n) is 5.04. The quantitative estimate of drug-likeness (QED) is 0.387. The standard InChI is InChI=1S/C19H35N5O/c1-4-20-18(21-11-7-12-24-15-17(2)14-23-24)22-16-19(10-13-25-3)8-5-6-9-19/h14-15H,4-13,16H2,1-3H3,(H2,20,21,22). The number of guanidine groups is 1. The van der Waals surface area contributed by atoms with Crippen molar-refractivity contribution in [1.29, 1.82) is 0 Å². The number of aromatic nitrogens is 2. The molecule has 0 saturated heterocycles. The molecule has 2 rings (SSSR count). The fourth-order valence-corrected chi connectivity index (χ4v) is 3.56. The lowest BCUT2D eigenvalue weighted by atomic mass is 9.83. The van der Waals surface area contributed by atoms with E-state index in [4.69, 9.17) is 9.73 Å². The van der Waals surface area contributed by atoms with Crippen molar-refractivity contribution < 1.29 is 4.74 Å². The van der Waals surface area contributed by atoms with Crippen molar-refractivity contribution in [1.82, 2.24) is 20.4 Å². The summed E-state index contributed by atoms with van der Waals surface area (Å²) in [4.78, 5) is 4.89. The van der Waals surface area contributed by atoms with Crippen molar-refractivity contribution in [2.75, 3.05) is 33.4 Å². The van der Waals surface area contributed by atoms with Crippen molar-refractivity contribution in [2.24, 2.45) is 10.4 Å². The fourth-order valence-electron chi connectivity index (χ4n) is 3.56. The molecular formula is C19H35N5O. The van der Waals surface area contributed by atoms with Gasteiger partial charge in [-0.2, -0.15) is 5.10 Å². The maximum atomic E-state index is 5.32. The van der Waals surface area contributed by atoms with Gasteiger partial charge in [-0.25, -0.2) is 0 Å². The van der Waals surface area contributed by atoms with E-state index in [1.807, 2.05) is 10.9 Å². The van der Waals surface area contributed by atoms with Gasteiger partial charge in [-0.15, -0.1) is 0 Å². The fraction of sp³-hybridized carbons (Fsp3) is 0.789. The number of ether oxygens (including phenoxy) is 1. The molecule has 1 saturated carbocycles. The molecule has 0 spiro atoms. The minimum atomic E-state index is 0.338. The van der Waals surface area contributed by atoms with E-state index in [2.05, 4.69) is 35.8 Å². The Morgan fingerprint density at radius 3 is 2.80 bits per heavy atom. The molecule has 1 aliphatic carbocycles. The predicted octanol–water partition coefficient (Wildman–Crippen LogP) is 2.73. The number of aryl methyl sites for hydroxylation is 2. The second-order valence-corrected chi connectivity index (χ2v) is 7.21. The van der Waals surface area contributed by atoms with E-state index in [1.54, 1.807) is 7.11 Å². The van der Waals surface area contributed by atoms with Gasteiger partial charge in [-0.3, -0.25) is 9.67 Å². The first-order valence-corrected chi connectivity index (χ1v) is 9.68. The molecule has 25 heavy (non-hydrogen) atoms. The Hall–Kier alpha value is -1.56. The summed E-state index contributed by atoms with van der Waals surface area (Å²) >= 11 is 0. The third kappa shape index (κ3) is 6.69. The van der Waals surface area contributed by atoms with Crippen LogP contribution in [0.4, 0.5) is 0 Å². The summed E-state index contributed by atoms with van der Waals surface area (Å²) in [7, 11) is 1.79. The molecule has 0 unspecified atom stereocenters. The molecule has 6 heteroatoms. The van der Waals surface area contributed by atoms with Crippen LogP contribution in [0.3, 0.4) is 0 Å². The van der Waals surface area contributed by atoms with E-state index in [9.17, 15) is 0 Å². The Labute approximate surface area is 152 Å². The van der Waals surface area contributed by atoms with Crippen molar-refractivity contribution in [3.63, 3.8) is 0 Å². The third-order valence-corrected chi connectivity index (χ3v) is 5.04. The number of hydrogen-bond acceptors (Lipinski definition) is 3. The highest BCUT2D eigenvalue weighted by atomic mass is 16.5. The Morgan fingerprint density at radius 2 is 2.16 bits per heavy atom. The molecule has 0 radical (unpaired) electrons. The molecule has 1 aromatic rings. The second kappa shape index (κ2) is 10.4. The maximum absolute atomic E-state index is 5.32. The van der Waals surface area contributed by atoms with Crippen LogP contribution in [0.25, 0.3) is 0 Å². The van der Waals surface area contributed by atoms with Gasteiger partial charge in [0.2, 0.25) is 0 Å². The first-order chi connectivity index (χ1) is 12.2. The van der Waals surface area contributed by atoms with Crippen LogP contribution in [0.5, 0.6) is 0 Å². The normalized spacial score (nSPS) is 17.0. The average Bonchev–Trinajstić information content (AvgIpc) is 3.24. The van der Waals surface area contributed by atoms with Crippen LogP contribution in [0.2, 0.25) is 0 Å². The molecule has 6 nitrogen and oxygen atoms in total. The van der Waals surface area contributed by atoms with E-state index in [-0.39, 0.29) is 0 Å². The molecule has 1 aliphatic rings. The lowest BCUT2D eigenvalue weighted by Crippen LogP contribution is -2.39. The lowest BCUT2D eigenvalue weighted by Gasteiger charge is -2.27. The molecule has 0 aromatic carbocycles. The van der Waals surface area contributed by atoms with Gasteiger partial charge in [0, 0.05) is 46.1 Å². The molecule has 0 bridgehead atoms. The predicted molar refractivity (Wildman–Crippen MR) is 103 cm³/mol. The summed E-state index contributed by atoms with van der Waals surface area (Å²) in [5, 5.41) is 11.2. The number of aliphatic imine (C=N–C) groups is 1. The molecule has 1 aromatic heterocycles. The number of hydrogen-bond donors (Lipinski definition) is 2. The van der Waals surface area contributed by atoms with Crippen LogP contribution in [0.15, 0.2) is 17.4 Å². The average molecular weight is 350 g/mol. The van der Waals surface area contributed by atoms with Gasteiger partial charge in [0.1, 0.15) is 0 Å². The largest absolute Gasteiger partial charge is 0.385 e. The highest BCUT2D eigenvalue weighted by Crippen LogP contribution is 2.41. The SMILES string of the molecule is CCNC(=NCC1(CCOC)CCCC1)NCCCn1cc(C)cn1. The summed E-state index contributed by atoms with van der Waals surface area (Å²) in [6.07, 6.45) is 11.3. The molecule has 142 valence electrons. The van der Waals surface area contributed by atoms with Gasteiger partial charge in [0.05, 0.1) is 6.20 Å². The molecule has 1 fully saturated rings. The van der Waals surface area contributed by atoms with Gasteiger partial charge in [0.25, 0.3) is 0 Å². The van der Waals surface area contributed by atoms with Crippen molar-refractivity contribution >= 4 is 5.96 Å². The summed E-state index contributed by atoms with van der Waals surface area (Å²) in [5.74, 6) is 0.933. The van der Waals surface area contributed by atoms with Crippen LogP contribution < -0.4 is 10.6 Å². The zero-order chi connectivity index (χ0) is 18.0. The molecule has 0 amide bonds. The lowest BCUT2D eigenvalue weighted by molar-refractivity contribution is 0.141. The van der Waals surface area contributed by atoms with Crippen molar-refractivity contribution in [2.45, 2.75) is 58.9 Å². The maximum Gasteiger partial charge on any atom is 0.191 e. The highest BCUT2D eigenvalue weighted by molar-refractivity contribution is 5.79. The van der Waals surface area contributed by atoms with Gasteiger partial charge in [-0.05, 0) is 50.5 Å². The van der Waals surface area contributed by atoms with Gasteiger partial charge < -0.3 is 15.4 Å². The van der Waals surface area contributed by atoms with E-state index in [0.717, 1.165) is 51.6 Å². The van der Waals surface area contributed by atoms with Crippen molar-refractivity contribution in [3.05, 3.63) is 18.0 Å².